The monoisotopic (exact) mass is 245 g/mol. The molecule has 0 bridgehead atoms. The molecule has 0 radical (unpaired) electrons. The van der Waals surface area contributed by atoms with Crippen LogP contribution in [0.2, 0.25) is 0 Å². The Kier molecular flexibility index (Phi) is 3.70. The molecule has 2 aromatic rings. The molecule has 0 fully saturated rings. The summed E-state index contributed by atoms with van der Waals surface area (Å²) >= 11 is 0. The lowest BCUT2D eigenvalue weighted by Gasteiger charge is -2.05. The molecule has 0 amide bonds. The van der Waals surface area contributed by atoms with Crippen molar-refractivity contribution in [1.82, 2.24) is 4.57 Å². The normalized spacial score (nSPS) is 10.8. The van der Waals surface area contributed by atoms with E-state index in [9.17, 15) is 4.79 Å². The molecule has 1 heterocycles. The highest BCUT2D eigenvalue weighted by molar-refractivity contribution is 5.86. The average molecular weight is 245 g/mol. The molecule has 0 saturated heterocycles. The average Bonchev–Trinajstić information content (AvgIpc) is 2.67. The van der Waals surface area contributed by atoms with Gasteiger partial charge >= 0.3 is 5.97 Å². The molecule has 0 aliphatic heterocycles. The Labute approximate surface area is 107 Å². The number of fused-ring (bicyclic) bond motifs is 1. The Balaban J connectivity index is 2.19. The standard InChI is InChI=1S/C15H19NO2/c1-11-6-4-7-13-15(11)12(2)10-16(13)9-5-8-14(17)18-3/h4,6-7,10H,5,8-9H2,1-3H3. The number of benzene rings is 1. The van der Waals surface area contributed by atoms with Gasteiger partial charge in [-0.25, -0.2) is 0 Å². The van der Waals surface area contributed by atoms with Crippen LogP contribution in [0.3, 0.4) is 0 Å². The third-order valence-corrected chi connectivity index (χ3v) is 3.31. The van der Waals surface area contributed by atoms with Crippen molar-refractivity contribution in [2.45, 2.75) is 33.2 Å². The Morgan fingerprint density at radius 1 is 1.28 bits per heavy atom. The lowest BCUT2D eigenvalue weighted by molar-refractivity contribution is -0.140. The van der Waals surface area contributed by atoms with E-state index in [1.54, 1.807) is 0 Å². The lowest BCUT2D eigenvalue weighted by Crippen LogP contribution is -2.03. The van der Waals surface area contributed by atoms with Gasteiger partial charge in [0.1, 0.15) is 0 Å². The van der Waals surface area contributed by atoms with Crippen LogP contribution in [0.25, 0.3) is 10.9 Å². The zero-order valence-electron chi connectivity index (χ0n) is 11.2. The molecule has 0 aliphatic rings. The van der Waals surface area contributed by atoms with Gasteiger partial charge < -0.3 is 9.30 Å². The summed E-state index contributed by atoms with van der Waals surface area (Å²) in [5.74, 6) is -0.139. The molecule has 0 aliphatic carbocycles. The third kappa shape index (κ3) is 2.40. The Hall–Kier alpha value is -1.77. The quantitative estimate of drug-likeness (QED) is 0.774. The Bertz CT molecular complexity index is 569. The minimum Gasteiger partial charge on any atom is -0.469 e. The third-order valence-electron chi connectivity index (χ3n) is 3.31. The summed E-state index contributed by atoms with van der Waals surface area (Å²) in [6.45, 7) is 5.11. The van der Waals surface area contributed by atoms with E-state index in [-0.39, 0.29) is 5.97 Å². The fourth-order valence-corrected chi connectivity index (χ4v) is 2.45. The van der Waals surface area contributed by atoms with Crippen molar-refractivity contribution in [2.75, 3.05) is 7.11 Å². The summed E-state index contributed by atoms with van der Waals surface area (Å²) in [5.41, 5.74) is 3.84. The molecule has 1 aromatic carbocycles. The van der Waals surface area contributed by atoms with Crippen molar-refractivity contribution >= 4 is 16.9 Å². The predicted octanol–water partition coefficient (Wildman–Crippen LogP) is 3.21. The van der Waals surface area contributed by atoms with Crippen molar-refractivity contribution in [2.24, 2.45) is 0 Å². The van der Waals surface area contributed by atoms with Crippen LogP contribution in [-0.2, 0) is 16.1 Å². The van der Waals surface area contributed by atoms with Gasteiger partial charge in [-0.1, -0.05) is 12.1 Å². The number of ether oxygens (including phenoxy) is 1. The number of aromatic nitrogens is 1. The zero-order chi connectivity index (χ0) is 13.1. The summed E-state index contributed by atoms with van der Waals surface area (Å²) in [7, 11) is 1.43. The number of methoxy groups -OCH3 is 1. The highest BCUT2D eigenvalue weighted by atomic mass is 16.5. The van der Waals surface area contributed by atoms with Crippen LogP contribution in [0, 0.1) is 13.8 Å². The molecule has 1 aromatic heterocycles. The van der Waals surface area contributed by atoms with Gasteiger partial charge in [0.25, 0.3) is 0 Å². The second-order valence-corrected chi connectivity index (χ2v) is 4.65. The van der Waals surface area contributed by atoms with Crippen molar-refractivity contribution in [3.05, 3.63) is 35.5 Å². The van der Waals surface area contributed by atoms with Crippen molar-refractivity contribution < 1.29 is 9.53 Å². The second kappa shape index (κ2) is 5.25. The minimum atomic E-state index is -0.139. The number of carbonyl (C=O) groups is 1. The van der Waals surface area contributed by atoms with Crippen LogP contribution < -0.4 is 0 Å². The maximum absolute atomic E-state index is 11.1. The van der Waals surface area contributed by atoms with Gasteiger partial charge in [-0.2, -0.15) is 0 Å². The first kappa shape index (κ1) is 12.7. The smallest absolute Gasteiger partial charge is 0.305 e. The topological polar surface area (TPSA) is 31.2 Å². The molecule has 3 nitrogen and oxygen atoms in total. The molecule has 0 N–H and O–H groups in total. The van der Waals surface area contributed by atoms with E-state index < -0.39 is 0 Å². The lowest BCUT2D eigenvalue weighted by atomic mass is 10.1. The van der Waals surface area contributed by atoms with Gasteiger partial charge in [-0.3, -0.25) is 4.79 Å². The molecule has 96 valence electrons. The number of nitrogens with zero attached hydrogens (tertiary/aromatic N) is 1. The first-order chi connectivity index (χ1) is 8.63. The minimum absolute atomic E-state index is 0.139. The molecule has 2 rings (SSSR count). The molecule has 18 heavy (non-hydrogen) atoms. The van der Waals surface area contributed by atoms with Crippen LogP contribution >= 0.6 is 0 Å². The summed E-state index contributed by atoms with van der Waals surface area (Å²) < 4.78 is 6.87. The number of esters is 1. The van der Waals surface area contributed by atoms with E-state index in [4.69, 9.17) is 0 Å². The Morgan fingerprint density at radius 2 is 2.06 bits per heavy atom. The molecule has 0 unspecified atom stereocenters. The van der Waals surface area contributed by atoms with E-state index in [0.29, 0.717) is 6.42 Å². The highest BCUT2D eigenvalue weighted by Crippen LogP contribution is 2.24. The van der Waals surface area contributed by atoms with E-state index in [1.165, 1.54) is 29.1 Å². The van der Waals surface area contributed by atoms with Gasteiger partial charge in [0, 0.05) is 30.1 Å². The maximum Gasteiger partial charge on any atom is 0.305 e. The van der Waals surface area contributed by atoms with E-state index in [2.05, 4.69) is 47.5 Å². The number of hydrogen-bond acceptors (Lipinski definition) is 2. The Morgan fingerprint density at radius 3 is 2.78 bits per heavy atom. The zero-order valence-corrected chi connectivity index (χ0v) is 11.2. The molecular formula is C15H19NO2. The van der Waals surface area contributed by atoms with Crippen molar-refractivity contribution in [1.29, 1.82) is 0 Å². The predicted molar refractivity (Wildman–Crippen MR) is 72.7 cm³/mol. The van der Waals surface area contributed by atoms with Crippen LogP contribution in [0.15, 0.2) is 24.4 Å². The van der Waals surface area contributed by atoms with E-state index in [1.807, 2.05) is 0 Å². The number of hydrogen-bond donors (Lipinski definition) is 0. The summed E-state index contributed by atoms with van der Waals surface area (Å²) in [4.78, 5) is 11.1. The number of carbonyl (C=O) groups excluding carboxylic acids is 1. The van der Waals surface area contributed by atoms with Gasteiger partial charge in [-0.15, -0.1) is 0 Å². The largest absolute Gasteiger partial charge is 0.469 e. The van der Waals surface area contributed by atoms with Gasteiger partial charge in [-0.05, 0) is 37.5 Å². The molecule has 3 heteroatoms. The van der Waals surface area contributed by atoms with Gasteiger partial charge in [0.05, 0.1) is 7.11 Å². The van der Waals surface area contributed by atoms with Crippen molar-refractivity contribution in [3.8, 4) is 0 Å². The van der Waals surface area contributed by atoms with E-state index in [0.717, 1.165) is 13.0 Å². The van der Waals surface area contributed by atoms with Gasteiger partial charge in [0.2, 0.25) is 0 Å². The van der Waals surface area contributed by atoms with Crippen LogP contribution in [-0.4, -0.2) is 17.6 Å². The SMILES string of the molecule is COC(=O)CCCn1cc(C)c2c(C)cccc21. The summed E-state index contributed by atoms with van der Waals surface area (Å²) in [6.07, 6.45) is 3.44. The van der Waals surface area contributed by atoms with Crippen LogP contribution in [0.1, 0.15) is 24.0 Å². The second-order valence-electron chi connectivity index (χ2n) is 4.65. The first-order valence-electron chi connectivity index (χ1n) is 6.25. The maximum atomic E-state index is 11.1. The van der Waals surface area contributed by atoms with Crippen molar-refractivity contribution in [3.63, 3.8) is 0 Å². The van der Waals surface area contributed by atoms with Gasteiger partial charge in [0.15, 0.2) is 0 Å². The van der Waals surface area contributed by atoms with Crippen LogP contribution in [0.4, 0.5) is 0 Å². The number of aryl methyl sites for hydroxylation is 3. The fraction of sp³-hybridized carbons (Fsp3) is 0.400. The number of rotatable bonds is 4. The molecule has 0 atom stereocenters. The highest BCUT2D eigenvalue weighted by Gasteiger charge is 2.07. The summed E-state index contributed by atoms with van der Waals surface area (Å²) in [5, 5.41) is 1.33. The molecule has 0 saturated carbocycles. The fourth-order valence-electron chi connectivity index (χ4n) is 2.45. The first-order valence-corrected chi connectivity index (χ1v) is 6.25. The summed E-state index contributed by atoms with van der Waals surface area (Å²) in [6, 6.07) is 6.34. The molecule has 0 spiro atoms. The van der Waals surface area contributed by atoms with Crippen LogP contribution in [0.5, 0.6) is 0 Å². The molecular weight excluding hydrogens is 226 g/mol. The van der Waals surface area contributed by atoms with E-state index >= 15 is 0 Å².